The maximum Gasteiger partial charge on any atom is 0.320 e. The summed E-state index contributed by atoms with van der Waals surface area (Å²) in [5.74, 6) is 0.540. The molecule has 1 aromatic carbocycles. The van der Waals surface area contributed by atoms with Crippen LogP contribution in [0.3, 0.4) is 0 Å². The zero-order valence-corrected chi connectivity index (χ0v) is 17.2. The molecule has 3 heterocycles. The van der Waals surface area contributed by atoms with E-state index in [1.807, 2.05) is 9.80 Å². The van der Waals surface area contributed by atoms with Crippen molar-refractivity contribution in [2.45, 2.75) is 44.1 Å². The van der Waals surface area contributed by atoms with Gasteiger partial charge in [-0.3, -0.25) is 4.79 Å². The van der Waals surface area contributed by atoms with Crippen LogP contribution >= 0.6 is 11.6 Å². The lowest BCUT2D eigenvalue weighted by Gasteiger charge is -2.43. The molecule has 1 atom stereocenters. The summed E-state index contributed by atoms with van der Waals surface area (Å²) in [6.45, 7) is 3.26. The predicted octanol–water partition coefficient (Wildman–Crippen LogP) is 3.43. The first kappa shape index (κ1) is 20.3. The van der Waals surface area contributed by atoms with Gasteiger partial charge in [0.25, 0.3) is 0 Å². The molecule has 3 saturated heterocycles. The number of carbonyl (C=O) groups excluding carboxylic acids is 2. The highest BCUT2D eigenvalue weighted by molar-refractivity contribution is 6.32. The number of amides is 3. The summed E-state index contributed by atoms with van der Waals surface area (Å²) in [6, 6.07) is 4.20. The average molecular weight is 424 g/mol. The van der Waals surface area contributed by atoms with Crippen LogP contribution in [-0.4, -0.2) is 60.1 Å². The van der Waals surface area contributed by atoms with Crippen molar-refractivity contribution in [3.8, 4) is 5.75 Å². The highest BCUT2D eigenvalue weighted by Crippen LogP contribution is 2.31. The average Bonchev–Trinajstić information content (AvgIpc) is 3.06. The number of carbonyl (C=O) groups is 2. The molecule has 3 amide bonds. The fourth-order valence-electron chi connectivity index (χ4n) is 4.67. The maximum absolute atomic E-state index is 13.1. The summed E-state index contributed by atoms with van der Waals surface area (Å²) in [7, 11) is 0. The van der Waals surface area contributed by atoms with Crippen LogP contribution in [0.25, 0.3) is 0 Å². The Morgan fingerprint density at radius 2 is 2.03 bits per heavy atom. The lowest BCUT2D eigenvalue weighted by atomic mass is 9.88. The van der Waals surface area contributed by atoms with Crippen LogP contribution in [0, 0.1) is 11.7 Å². The number of likely N-dealkylation sites (tertiary alicyclic amines) is 2. The molecular weight excluding hydrogens is 397 g/mol. The van der Waals surface area contributed by atoms with Gasteiger partial charge in [-0.1, -0.05) is 11.6 Å². The molecular formula is C21H27ClFN3O3. The van der Waals surface area contributed by atoms with Crippen LogP contribution in [0.15, 0.2) is 18.2 Å². The Morgan fingerprint density at radius 1 is 1.24 bits per heavy atom. The Kier molecular flexibility index (Phi) is 5.86. The molecule has 1 unspecified atom stereocenters. The van der Waals surface area contributed by atoms with Gasteiger partial charge in [0.2, 0.25) is 5.91 Å². The number of ether oxygens (including phenoxy) is 1. The fraction of sp³-hybridized carbons (Fsp3) is 0.619. The molecule has 158 valence electrons. The van der Waals surface area contributed by atoms with Crippen molar-refractivity contribution in [2.75, 3.05) is 32.8 Å². The summed E-state index contributed by atoms with van der Waals surface area (Å²) >= 11 is 6.01. The molecule has 0 saturated carbocycles. The van der Waals surface area contributed by atoms with Gasteiger partial charge in [-0.2, -0.15) is 0 Å². The Bertz CT molecular complexity index is 784. The van der Waals surface area contributed by atoms with Gasteiger partial charge in [0.15, 0.2) is 0 Å². The van der Waals surface area contributed by atoms with E-state index in [0.717, 1.165) is 38.6 Å². The summed E-state index contributed by atoms with van der Waals surface area (Å²) in [5, 5.41) is 3.38. The maximum atomic E-state index is 13.1. The van der Waals surface area contributed by atoms with Crippen molar-refractivity contribution in [2.24, 2.45) is 5.92 Å². The predicted molar refractivity (Wildman–Crippen MR) is 108 cm³/mol. The molecule has 6 nitrogen and oxygen atoms in total. The van der Waals surface area contributed by atoms with E-state index in [-0.39, 0.29) is 28.3 Å². The molecule has 29 heavy (non-hydrogen) atoms. The second kappa shape index (κ2) is 8.38. The van der Waals surface area contributed by atoms with E-state index in [4.69, 9.17) is 16.3 Å². The fourth-order valence-corrected chi connectivity index (χ4v) is 4.89. The summed E-state index contributed by atoms with van der Waals surface area (Å²) in [6.07, 6.45) is 4.98. The van der Waals surface area contributed by atoms with Gasteiger partial charge >= 0.3 is 6.03 Å². The number of halogens is 2. The Labute approximate surface area is 175 Å². The topological polar surface area (TPSA) is 61.9 Å². The molecule has 0 aliphatic carbocycles. The molecule has 1 spiro atoms. The van der Waals surface area contributed by atoms with Gasteiger partial charge in [0.1, 0.15) is 11.6 Å². The van der Waals surface area contributed by atoms with Gasteiger partial charge in [-0.05, 0) is 56.2 Å². The molecule has 0 aromatic heterocycles. The minimum absolute atomic E-state index is 0.0752. The molecule has 3 aliphatic rings. The molecule has 0 radical (unpaired) electrons. The SMILES string of the molecule is O=C1CCC2(CCCN(C(=O)N3CCC(COc4ccc(F)cc4Cl)CC3)C2)N1. The monoisotopic (exact) mass is 423 g/mol. The molecule has 3 aliphatic heterocycles. The molecule has 0 bridgehead atoms. The second-order valence-corrected chi connectivity index (χ2v) is 8.86. The first-order valence-electron chi connectivity index (χ1n) is 10.4. The number of benzene rings is 1. The quantitative estimate of drug-likeness (QED) is 0.810. The number of hydrogen-bond donors (Lipinski definition) is 1. The van der Waals surface area contributed by atoms with E-state index < -0.39 is 0 Å². The highest BCUT2D eigenvalue weighted by atomic mass is 35.5. The third-order valence-corrected chi connectivity index (χ3v) is 6.63. The molecule has 3 fully saturated rings. The molecule has 1 N–H and O–H groups in total. The van der Waals surface area contributed by atoms with E-state index in [0.29, 0.717) is 44.3 Å². The third kappa shape index (κ3) is 4.60. The van der Waals surface area contributed by atoms with Gasteiger partial charge in [-0.15, -0.1) is 0 Å². The van der Waals surface area contributed by atoms with Crippen molar-refractivity contribution in [1.29, 1.82) is 0 Å². The third-order valence-electron chi connectivity index (χ3n) is 6.34. The smallest absolute Gasteiger partial charge is 0.320 e. The van der Waals surface area contributed by atoms with Crippen molar-refractivity contribution >= 4 is 23.5 Å². The first-order valence-corrected chi connectivity index (χ1v) is 10.7. The highest BCUT2D eigenvalue weighted by Gasteiger charge is 2.43. The van der Waals surface area contributed by atoms with Gasteiger partial charge < -0.3 is 19.9 Å². The standard InChI is InChI=1S/C21H27ClFN3O3/c22-17-12-16(23)2-3-18(17)29-13-15-5-10-25(11-6-15)20(28)26-9-1-7-21(14-26)8-4-19(27)24-21/h2-3,12,15H,1,4-11,13-14H2,(H,24,27). The lowest BCUT2D eigenvalue weighted by molar-refractivity contribution is -0.120. The van der Waals surface area contributed by atoms with Crippen LogP contribution in [0.2, 0.25) is 5.02 Å². The van der Waals surface area contributed by atoms with Gasteiger partial charge in [0, 0.05) is 32.6 Å². The van der Waals surface area contributed by atoms with Crippen molar-refractivity contribution in [1.82, 2.24) is 15.1 Å². The van der Waals surface area contributed by atoms with E-state index in [1.165, 1.54) is 12.1 Å². The minimum atomic E-state index is -0.383. The van der Waals surface area contributed by atoms with Crippen LogP contribution in [0.5, 0.6) is 5.75 Å². The number of nitrogens with zero attached hydrogens (tertiary/aromatic N) is 2. The summed E-state index contributed by atoms with van der Waals surface area (Å²) < 4.78 is 18.9. The second-order valence-electron chi connectivity index (χ2n) is 8.45. The summed E-state index contributed by atoms with van der Waals surface area (Å²) in [5.41, 5.74) is -0.217. The van der Waals surface area contributed by atoms with E-state index in [1.54, 1.807) is 6.07 Å². The number of hydrogen-bond acceptors (Lipinski definition) is 3. The zero-order chi connectivity index (χ0) is 20.4. The lowest BCUT2D eigenvalue weighted by Crippen LogP contribution is -2.58. The van der Waals surface area contributed by atoms with Gasteiger partial charge in [0.05, 0.1) is 17.2 Å². The molecule has 1 aromatic rings. The minimum Gasteiger partial charge on any atom is -0.492 e. The number of rotatable bonds is 3. The number of urea groups is 1. The first-order chi connectivity index (χ1) is 13.9. The van der Waals surface area contributed by atoms with Crippen LogP contribution in [0.4, 0.5) is 9.18 Å². The Hall–Kier alpha value is -2.02. The molecule has 8 heteroatoms. The van der Waals surface area contributed by atoms with E-state index in [2.05, 4.69) is 5.32 Å². The van der Waals surface area contributed by atoms with Crippen LogP contribution in [0.1, 0.15) is 38.5 Å². The summed E-state index contributed by atoms with van der Waals surface area (Å²) in [4.78, 5) is 28.5. The van der Waals surface area contributed by atoms with Crippen molar-refractivity contribution < 1.29 is 18.7 Å². The number of piperidine rings is 2. The van der Waals surface area contributed by atoms with E-state index >= 15 is 0 Å². The van der Waals surface area contributed by atoms with Gasteiger partial charge in [-0.25, -0.2) is 9.18 Å². The van der Waals surface area contributed by atoms with Crippen LogP contribution < -0.4 is 10.1 Å². The Morgan fingerprint density at radius 3 is 2.72 bits per heavy atom. The van der Waals surface area contributed by atoms with Crippen LogP contribution in [-0.2, 0) is 4.79 Å². The van der Waals surface area contributed by atoms with E-state index in [9.17, 15) is 14.0 Å². The number of nitrogens with one attached hydrogen (secondary N) is 1. The zero-order valence-electron chi connectivity index (χ0n) is 16.5. The van der Waals surface area contributed by atoms with Crippen molar-refractivity contribution in [3.05, 3.63) is 29.0 Å². The van der Waals surface area contributed by atoms with Crippen molar-refractivity contribution in [3.63, 3.8) is 0 Å². The normalized spacial score (nSPS) is 25.4. The Balaban J connectivity index is 1.26. The largest absolute Gasteiger partial charge is 0.492 e. The molecule has 4 rings (SSSR count).